The first kappa shape index (κ1) is 34.7. The highest BCUT2D eigenvalue weighted by Crippen LogP contribution is 2.43. The molecule has 1 aliphatic rings. The van der Waals surface area contributed by atoms with Gasteiger partial charge >= 0.3 is 6.09 Å². The fourth-order valence-corrected chi connectivity index (χ4v) is 6.49. The first-order chi connectivity index (χ1) is 20.2. The third-order valence-corrected chi connectivity index (χ3v) is 8.46. The summed E-state index contributed by atoms with van der Waals surface area (Å²) >= 11 is 0. The number of nitrogens with one attached hydrogen (secondary N) is 1. The molecule has 2 aromatic rings. The fourth-order valence-electron chi connectivity index (χ4n) is 5.78. The van der Waals surface area contributed by atoms with Crippen LogP contribution < -0.4 is 14.2 Å². The molecule has 0 aliphatic carbocycles. The normalized spacial score (nSPS) is 19.8. The molecule has 1 amide bonds. The van der Waals surface area contributed by atoms with Crippen LogP contribution in [-0.2, 0) is 25.9 Å². The number of ether oxygens (including phenoxy) is 4. The summed E-state index contributed by atoms with van der Waals surface area (Å²) in [6.07, 6.45) is 2.20. The molecule has 1 unspecified atom stereocenters. The number of hydrogen-bond acceptors (Lipinski definition) is 7. The molecule has 10 heteroatoms. The second-order valence-electron chi connectivity index (χ2n) is 12.8. The van der Waals surface area contributed by atoms with Gasteiger partial charge in [-0.3, -0.25) is 4.90 Å². The number of rotatable bonds is 14. The minimum Gasteiger partial charge on any atom is -0.493 e. The summed E-state index contributed by atoms with van der Waals surface area (Å²) < 4.78 is 50.4. The van der Waals surface area contributed by atoms with E-state index in [1.807, 2.05) is 63.2 Å². The maximum absolute atomic E-state index is 13.5. The molecule has 43 heavy (non-hydrogen) atoms. The summed E-state index contributed by atoms with van der Waals surface area (Å²) in [6, 6.07) is 15.9. The third-order valence-electron chi connectivity index (χ3n) is 7.79. The van der Waals surface area contributed by atoms with Gasteiger partial charge in [-0.25, -0.2) is 13.2 Å². The molecule has 3 rings (SSSR count). The molecule has 0 radical (unpaired) electrons. The molecule has 240 valence electrons. The van der Waals surface area contributed by atoms with Gasteiger partial charge in [0.25, 0.3) is 0 Å². The van der Waals surface area contributed by atoms with Crippen molar-refractivity contribution in [2.24, 2.45) is 17.8 Å². The zero-order valence-electron chi connectivity index (χ0n) is 27.0. The van der Waals surface area contributed by atoms with Crippen LogP contribution in [0.15, 0.2) is 48.5 Å². The number of carbonyl (C=O) groups is 1. The number of methoxy groups -OCH3 is 2. The molecule has 1 N–H and O–H groups in total. The topological polar surface area (TPSA) is 103 Å². The molecule has 0 aromatic heterocycles. The van der Waals surface area contributed by atoms with E-state index in [-0.39, 0.29) is 17.8 Å². The van der Waals surface area contributed by atoms with Gasteiger partial charge in [0.2, 0.25) is 10.0 Å². The summed E-state index contributed by atoms with van der Waals surface area (Å²) in [6.45, 7) is 11.4. The Morgan fingerprint density at radius 1 is 1.05 bits per heavy atom. The van der Waals surface area contributed by atoms with Gasteiger partial charge in [0.05, 0.1) is 20.0 Å². The van der Waals surface area contributed by atoms with E-state index in [2.05, 4.69) is 24.6 Å². The first-order valence-electron chi connectivity index (χ1n) is 15.0. The number of nitrogens with zero attached hydrogens (tertiary/aromatic N) is 1. The molecule has 2 aromatic carbocycles. The summed E-state index contributed by atoms with van der Waals surface area (Å²) in [7, 11) is -0.325. The average Bonchev–Trinajstić information content (AvgIpc) is 3.26. The minimum atomic E-state index is -3.63. The van der Waals surface area contributed by atoms with E-state index in [1.165, 1.54) is 0 Å². The molecule has 1 fully saturated rings. The number of carbonyl (C=O) groups excluding carboxylic acids is 1. The lowest BCUT2D eigenvalue weighted by atomic mass is 9.76. The minimum absolute atomic E-state index is 0.00965. The van der Waals surface area contributed by atoms with Crippen LogP contribution in [0.4, 0.5) is 4.79 Å². The highest BCUT2D eigenvalue weighted by Gasteiger charge is 2.47. The Morgan fingerprint density at radius 3 is 2.33 bits per heavy atom. The van der Waals surface area contributed by atoms with E-state index < -0.39 is 27.9 Å². The molecular weight excluding hydrogens is 568 g/mol. The standard InChI is InChI=1S/C33H50N2O7S/c1-23(2)26(19-24-15-16-28(40-7)29(20-24)41-18-12-17-39-6)21-27-22-35(32(36)42-33(3,4)5)31(34-43(8,37)38)30(27)25-13-10-9-11-14-25/h9-11,13-16,20,23,26-27,30-31,34H,12,17-19,21-22H2,1-8H3/t26-,27-,30+,31?/m0/s1. The van der Waals surface area contributed by atoms with E-state index in [0.29, 0.717) is 37.2 Å². The highest BCUT2D eigenvalue weighted by atomic mass is 32.2. The second-order valence-corrected chi connectivity index (χ2v) is 14.6. The van der Waals surface area contributed by atoms with Crippen LogP contribution in [0.2, 0.25) is 0 Å². The van der Waals surface area contributed by atoms with Gasteiger partial charge in [-0.1, -0.05) is 50.2 Å². The predicted molar refractivity (Wildman–Crippen MR) is 169 cm³/mol. The van der Waals surface area contributed by atoms with E-state index in [4.69, 9.17) is 18.9 Å². The average molecular weight is 619 g/mol. The van der Waals surface area contributed by atoms with Crippen LogP contribution in [0.1, 0.15) is 64.5 Å². The van der Waals surface area contributed by atoms with Crippen molar-refractivity contribution in [3.8, 4) is 11.5 Å². The van der Waals surface area contributed by atoms with Crippen LogP contribution in [0.25, 0.3) is 0 Å². The lowest BCUT2D eigenvalue weighted by molar-refractivity contribution is 0.0207. The number of hydrogen-bond donors (Lipinski definition) is 1. The monoisotopic (exact) mass is 618 g/mol. The van der Waals surface area contributed by atoms with Crippen molar-refractivity contribution >= 4 is 16.1 Å². The van der Waals surface area contributed by atoms with E-state index >= 15 is 0 Å². The molecule has 4 atom stereocenters. The van der Waals surface area contributed by atoms with Gasteiger partial charge in [0.15, 0.2) is 11.5 Å². The SMILES string of the molecule is COCCCOc1cc(C[C@@H](C[C@H]2CN(C(=O)OC(C)(C)C)C(NS(C)(=O)=O)[C@@H]2c2ccccc2)C(C)C)ccc1OC. The van der Waals surface area contributed by atoms with Crippen LogP contribution in [0, 0.1) is 17.8 Å². The Labute approximate surface area is 258 Å². The molecule has 9 nitrogen and oxygen atoms in total. The highest BCUT2D eigenvalue weighted by molar-refractivity contribution is 7.88. The van der Waals surface area contributed by atoms with E-state index in [9.17, 15) is 13.2 Å². The molecule has 0 spiro atoms. The van der Waals surface area contributed by atoms with Crippen LogP contribution in [0.3, 0.4) is 0 Å². The number of likely N-dealkylation sites (tertiary alicyclic amines) is 1. The Balaban J connectivity index is 1.94. The molecular formula is C33H50N2O7S. The zero-order valence-corrected chi connectivity index (χ0v) is 27.8. The van der Waals surface area contributed by atoms with Gasteiger partial charge in [-0.05, 0) is 74.6 Å². The summed E-state index contributed by atoms with van der Waals surface area (Å²) in [4.78, 5) is 15.0. The van der Waals surface area contributed by atoms with Crippen LogP contribution in [-0.4, -0.2) is 71.4 Å². The van der Waals surface area contributed by atoms with Crippen molar-refractivity contribution in [2.75, 3.05) is 40.2 Å². The predicted octanol–water partition coefficient (Wildman–Crippen LogP) is 5.84. The number of amides is 1. The lowest BCUT2D eigenvalue weighted by Crippen LogP contribution is -2.50. The van der Waals surface area contributed by atoms with Crippen LogP contribution >= 0.6 is 0 Å². The van der Waals surface area contributed by atoms with Crippen molar-refractivity contribution in [3.63, 3.8) is 0 Å². The van der Waals surface area contributed by atoms with Gasteiger partial charge in [0.1, 0.15) is 11.8 Å². The van der Waals surface area contributed by atoms with Crippen molar-refractivity contribution in [1.29, 1.82) is 0 Å². The maximum Gasteiger partial charge on any atom is 0.411 e. The summed E-state index contributed by atoms with van der Waals surface area (Å²) in [5.41, 5.74) is 1.40. The van der Waals surface area contributed by atoms with E-state index in [1.54, 1.807) is 19.1 Å². The molecule has 0 bridgehead atoms. The van der Waals surface area contributed by atoms with Crippen molar-refractivity contribution in [3.05, 3.63) is 59.7 Å². The third kappa shape index (κ3) is 10.4. The second kappa shape index (κ2) is 15.3. The smallest absolute Gasteiger partial charge is 0.411 e. The molecule has 0 saturated carbocycles. The molecule has 1 aliphatic heterocycles. The summed E-state index contributed by atoms with van der Waals surface area (Å²) in [5.74, 6) is 1.72. The van der Waals surface area contributed by atoms with Crippen molar-refractivity contribution < 1.29 is 32.2 Å². The fraction of sp³-hybridized carbons (Fsp3) is 0.606. The Morgan fingerprint density at radius 2 is 1.74 bits per heavy atom. The van der Waals surface area contributed by atoms with Gasteiger partial charge in [-0.2, -0.15) is 4.72 Å². The van der Waals surface area contributed by atoms with Crippen molar-refractivity contribution in [2.45, 2.75) is 71.6 Å². The van der Waals surface area contributed by atoms with E-state index in [0.717, 1.165) is 36.6 Å². The quantitative estimate of drug-likeness (QED) is 0.265. The number of sulfonamides is 1. The summed E-state index contributed by atoms with van der Waals surface area (Å²) in [5, 5.41) is 0. The van der Waals surface area contributed by atoms with Crippen molar-refractivity contribution in [1.82, 2.24) is 9.62 Å². The Hall–Kier alpha value is -2.82. The van der Waals surface area contributed by atoms with Gasteiger partial charge in [-0.15, -0.1) is 0 Å². The van der Waals surface area contributed by atoms with Gasteiger partial charge in [0, 0.05) is 32.6 Å². The van der Waals surface area contributed by atoms with Crippen LogP contribution in [0.5, 0.6) is 11.5 Å². The maximum atomic E-state index is 13.5. The van der Waals surface area contributed by atoms with Gasteiger partial charge < -0.3 is 18.9 Å². The Kier molecular flexibility index (Phi) is 12.3. The largest absolute Gasteiger partial charge is 0.493 e. The zero-order chi connectivity index (χ0) is 31.8. The first-order valence-corrected chi connectivity index (χ1v) is 16.9. The molecule has 1 heterocycles. The number of benzene rings is 2. The lowest BCUT2D eigenvalue weighted by Gasteiger charge is -2.31. The molecule has 1 saturated heterocycles. The Bertz CT molecular complexity index is 1280.